The summed E-state index contributed by atoms with van der Waals surface area (Å²) in [4.78, 5) is 16.0. The van der Waals surface area contributed by atoms with Crippen molar-refractivity contribution in [3.8, 4) is 17.2 Å². The molecule has 124 valence electrons. The van der Waals surface area contributed by atoms with E-state index in [0.717, 1.165) is 0 Å². The van der Waals surface area contributed by atoms with Gasteiger partial charge in [0.2, 0.25) is 0 Å². The Kier molecular flexibility index (Phi) is 4.77. The highest BCUT2D eigenvalue weighted by atomic mass is 19.4. The molecule has 0 saturated heterocycles. The zero-order valence-electron chi connectivity index (χ0n) is 12.3. The standard InChI is InChI=1S/C14H14F3N3O3/c1-22-10-5-9(20-4-3-18-8-20)6-11(23-2)12(10)13(21)19-7-14(15,16)17/h3-6,8H,7H2,1-2H3,(H,19,21). The van der Waals surface area contributed by atoms with Crippen LogP contribution in [0.2, 0.25) is 0 Å². The summed E-state index contributed by atoms with van der Waals surface area (Å²) in [6, 6.07) is 3.01. The molecule has 6 nitrogen and oxygen atoms in total. The van der Waals surface area contributed by atoms with Gasteiger partial charge in [0.05, 0.1) is 26.2 Å². The van der Waals surface area contributed by atoms with Crippen molar-refractivity contribution in [2.75, 3.05) is 20.8 Å². The van der Waals surface area contributed by atoms with Gasteiger partial charge in [0.15, 0.2) is 0 Å². The Morgan fingerprint density at radius 2 is 1.87 bits per heavy atom. The summed E-state index contributed by atoms with van der Waals surface area (Å²) in [6.45, 7) is -1.44. The average molecular weight is 329 g/mol. The van der Waals surface area contributed by atoms with Crippen molar-refractivity contribution in [3.05, 3.63) is 36.4 Å². The molecule has 0 atom stereocenters. The second kappa shape index (κ2) is 6.59. The highest BCUT2D eigenvalue weighted by molar-refractivity contribution is 6.00. The SMILES string of the molecule is COc1cc(-n2ccnc2)cc(OC)c1C(=O)NCC(F)(F)F. The number of nitrogens with zero attached hydrogens (tertiary/aromatic N) is 2. The van der Waals surface area contributed by atoms with Crippen molar-refractivity contribution < 1.29 is 27.4 Å². The molecule has 0 fully saturated rings. The van der Waals surface area contributed by atoms with Gasteiger partial charge in [-0.25, -0.2) is 4.98 Å². The quantitative estimate of drug-likeness (QED) is 0.913. The average Bonchev–Trinajstić information content (AvgIpc) is 3.04. The van der Waals surface area contributed by atoms with Crippen LogP contribution < -0.4 is 14.8 Å². The van der Waals surface area contributed by atoms with E-state index >= 15 is 0 Å². The summed E-state index contributed by atoms with van der Waals surface area (Å²) in [5.74, 6) is -0.756. The lowest BCUT2D eigenvalue weighted by Crippen LogP contribution is -2.34. The molecular weight excluding hydrogens is 315 g/mol. The molecule has 0 spiro atoms. The lowest BCUT2D eigenvalue weighted by Gasteiger charge is -2.16. The van der Waals surface area contributed by atoms with Gasteiger partial charge in [-0.3, -0.25) is 4.79 Å². The van der Waals surface area contributed by atoms with Crippen LogP contribution in [-0.2, 0) is 0 Å². The molecule has 1 aromatic heterocycles. The Balaban J connectivity index is 2.40. The van der Waals surface area contributed by atoms with Crippen molar-refractivity contribution in [2.24, 2.45) is 0 Å². The minimum absolute atomic E-state index is 0.0905. The fraction of sp³-hybridized carbons (Fsp3) is 0.286. The van der Waals surface area contributed by atoms with Crippen LogP contribution in [0.4, 0.5) is 13.2 Å². The number of hydrogen-bond donors (Lipinski definition) is 1. The minimum atomic E-state index is -4.51. The molecule has 0 aliphatic carbocycles. The van der Waals surface area contributed by atoms with Gasteiger partial charge in [0, 0.05) is 24.5 Å². The van der Waals surface area contributed by atoms with E-state index < -0.39 is 18.6 Å². The Labute approximate surface area is 129 Å². The molecule has 2 aromatic rings. The summed E-state index contributed by atoms with van der Waals surface area (Å²) < 4.78 is 48.7. The van der Waals surface area contributed by atoms with E-state index in [-0.39, 0.29) is 17.1 Å². The Hall–Kier alpha value is -2.71. The number of carbonyl (C=O) groups is 1. The zero-order valence-corrected chi connectivity index (χ0v) is 12.3. The number of ether oxygens (including phenoxy) is 2. The first-order valence-electron chi connectivity index (χ1n) is 6.45. The zero-order chi connectivity index (χ0) is 17.0. The van der Waals surface area contributed by atoms with Crippen LogP contribution in [0.5, 0.6) is 11.5 Å². The number of rotatable bonds is 5. The van der Waals surface area contributed by atoms with Crippen LogP contribution in [0.25, 0.3) is 5.69 Å². The van der Waals surface area contributed by atoms with Gasteiger partial charge in [0.1, 0.15) is 23.6 Å². The van der Waals surface area contributed by atoms with Gasteiger partial charge in [-0.1, -0.05) is 0 Å². The minimum Gasteiger partial charge on any atom is -0.496 e. The van der Waals surface area contributed by atoms with Crippen LogP contribution in [0, 0.1) is 0 Å². The fourth-order valence-electron chi connectivity index (χ4n) is 1.95. The number of halogens is 3. The highest BCUT2D eigenvalue weighted by Gasteiger charge is 2.29. The van der Waals surface area contributed by atoms with E-state index in [1.54, 1.807) is 22.3 Å². The van der Waals surface area contributed by atoms with Crippen LogP contribution in [-0.4, -0.2) is 42.4 Å². The maximum Gasteiger partial charge on any atom is 0.405 e. The Morgan fingerprint density at radius 3 is 2.30 bits per heavy atom. The van der Waals surface area contributed by atoms with Gasteiger partial charge in [-0.05, 0) is 0 Å². The molecule has 2 rings (SSSR count). The number of aromatic nitrogens is 2. The number of hydrogen-bond acceptors (Lipinski definition) is 4. The third kappa shape index (κ3) is 3.93. The molecule has 0 saturated carbocycles. The third-order valence-electron chi connectivity index (χ3n) is 2.97. The van der Waals surface area contributed by atoms with Crippen molar-refractivity contribution in [1.82, 2.24) is 14.9 Å². The van der Waals surface area contributed by atoms with E-state index in [0.29, 0.717) is 5.69 Å². The highest BCUT2D eigenvalue weighted by Crippen LogP contribution is 2.32. The summed E-state index contributed by atoms with van der Waals surface area (Å²) in [5, 5.41) is 1.80. The first-order chi connectivity index (χ1) is 10.9. The van der Waals surface area contributed by atoms with Crippen LogP contribution in [0.3, 0.4) is 0 Å². The second-order valence-electron chi connectivity index (χ2n) is 4.49. The lowest BCUT2D eigenvalue weighted by molar-refractivity contribution is -0.123. The van der Waals surface area contributed by atoms with Crippen molar-refractivity contribution >= 4 is 5.91 Å². The van der Waals surface area contributed by atoms with E-state index in [4.69, 9.17) is 9.47 Å². The van der Waals surface area contributed by atoms with Crippen LogP contribution in [0.1, 0.15) is 10.4 Å². The molecular formula is C14H14F3N3O3. The Morgan fingerprint density at radius 1 is 1.26 bits per heavy atom. The predicted molar refractivity (Wildman–Crippen MR) is 75.1 cm³/mol. The van der Waals surface area contributed by atoms with E-state index in [9.17, 15) is 18.0 Å². The number of nitrogens with one attached hydrogen (secondary N) is 1. The topological polar surface area (TPSA) is 65.4 Å². The van der Waals surface area contributed by atoms with Gasteiger partial charge < -0.3 is 19.4 Å². The molecule has 9 heteroatoms. The van der Waals surface area contributed by atoms with Gasteiger partial charge in [0.25, 0.3) is 5.91 Å². The summed E-state index contributed by atoms with van der Waals surface area (Å²) in [6.07, 6.45) is 0.241. The normalized spacial score (nSPS) is 11.2. The first-order valence-corrected chi connectivity index (χ1v) is 6.45. The summed E-state index contributed by atoms with van der Waals surface area (Å²) in [5.41, 5.74) is 0.478. The maximum absolute atomic E-state index is 12.3. The molecule has 1 aromatic carbocycles. The van der Waals surface area contributed by atoms with Crippen LogP contribution >= 0.6 is 0 Å². The number of imidazole rings is 1. The van der Waals surface area contributed by atoms with Crippen molar-refractivity contribution in [1.29, 1.82) is 0 Å². The first kappa shape index (κ1) is 16.7. The van der Waals surface area contributed by atoms with Gasteiger partial charge >= 0.3 is 6.18 Å². The molecule has 0 aliphatic heterocycles. The van der Waals surface area contributed by atoms with Gasteiger partial charge in [-0.15, -0.1) is 0 Å². The van der Waals surface area contributed by atoms with Gasteiger partial charge in [-0.2, -0.15) is 13.2 Å². The molecule has 1 N–H and O–H groups in total. The van der Waals surface area contributed by atoms with E-state index in [1.807, 2.05) is 0 Å². The molecule has 0 bridgehead atoms. The van der Waals surface area contributed by atoms with Crippen molar-refractivity contribution in [2.45, 2.75) is 6.18 Å². The largest absolute Gasteiger partial charge is 0.496 e. The van der Waals surface area contributed by atoms with E-state index in [2.05, 4.69) is 4.98 Å². The summed E-state index contributed by atoms with van der Waals surface area (Å²) in [7, 11) is 2.63. The number of carbonyl (C=O) groups excluding carboxylic acids is 1. The molecule has 1 amide bonds. The Bertz CT molecular complexity index is 659. The van der Waals surface area contributed by atoms with Crippen molar-refractivity contribution in [3.63, 3.8) is 0 Å². The molecule has 0 aliphatic rings. The number of benzene rings is 1. The predicted octanol–water partition coefficient (Wildman–Crippen LogP) is 2.18. The molecule has 1 heterocycles. The fourth-order valence-corrected chi connectivity index (χ4v) is 1.95. The molecule has 0 radical (unpaired) electrons. The smallest absolute Gasteiger partial charge is 0.405 e. The third-order valence-corrected chi connectivity index (χ3v) is 2.97. The molecule has 23 heavy (non-hydrogen) atoms. The lowest BCUT2D eigenvalue weighted by atomic mass is 10.1. The maximum atomic E-state index is 12.3. The number of alkyl halides is 3. The van der Waals surface area contributed by atoms with E-state index in [1.165, 1.54) is 32.7 Å². The second-order valence-corrected chi connectivity index (χ2v) is 4.49. The number of methoxy groups -OCH3 is 2. The summed E-state index contributed by atoms with van der Waals surface area (Å²) >= 11 is 0. The van der Waals surface area contributed by atoms with Crippen LogP contribution in [0.15, 0.2) is 30.9 Å². The molecule has 0 unspecified atom stereocenters. The monoisotopic (exact) mass is 329 g/mol. The number of amides is 1.